The van der Waals surface area contributed by atoms with Gasteiger partial charge in [-0.15, -0.1) is 0 Å². The zero-order chi connectivity index (χ0) is 36.9. The van der Waals surface area contributed by atoms with Crippen LogP contribution in [0.1, 0.15) is 52.7 Å². The number of para-hydroxylation sites is 4. The summed E-state index contributed by atoms with van der Waals surface area (Å²) in [5.74, 6) is 0.880. The number of fused-ring (bicyclic) bond motifs is 4. The summed E-state index contributed by atoms with van der Waals surface area (Å²) in [4.78, 5) is -0.126. The number of rotatable bonds is 0. The molecule has 1 heterocycles. The number of benzene rings is 4. The minimum Gasteiger partial charge on any atom is -0.489 e. The predicted octanol–water partition coefficient (Wildman–Crippen LogP) is 7.13. The Morgan fingerprint density at radius 2 is 0.824 bits per heavy atom. The first kappa shape index (κ1) is 37.8. The van der Waals surface area contributed by atoms with Crippen molar-refractivity contribution in [1.29, 1.82) is 0 Å². The average molecular weight is 739 g/mol. The first-order valence-electron chi connectivity index (χ1n) is 16.7. The second-order valence-corrected chi connectivity index (χ2v) is 17.3. The van der Waals surface area contributed by atoms with E-state index in [0.717, 1.165) is 11.1 Å². The molecule has 274 valence electrons. The lowest BCUT2D eigenvalue weighted by atomic mass is 9.87. The summed E-state index contributed by atoms with van der Waals surface area (Å²) in [5.41, 5.74) is 1.39. The molecular formula is C38H46N2O9S2. The van der Waals surface area contributed by atoms with E-state index >= 15 is 0 Å². The fourth-order valence-corrected chi connectivity index (χ4v) is 7.67. The smallest absolute Gasteiger partial charge is 0.265 e. The third-order valence-corrected chi connectivity index (χ3v) is 10.8. The van der Waals surface area contributed by atoms with Crippen LogP contribution in [0.5, 0.6) is 23.0 Å². The average Bonchev–Trinajstić information content (AvgIpc) is 3.06. The van der Waals surface area contributed by atoms with Crippen molar-refractivity contribution in [2.24, 2.45) is 0 Å². The Bertz CT molecular complexity index is 1910. The molecule has 1 aliphatic rings. The van der Waals surface area contributed by atoms with Crippen molar-refractivity contribution in [1.82, 2.24) is 0 Å². The molecule has 0 unspecified atom stereocenters. The van der Waals surface area contributed by atoms with Crippen LogP contribution in [-0.4, -0.2) is 56.5 Å². The first-order chi connectivity index (χ1) is 24.0. The summed E-state index contributed by atoms with van der Waals surface area (Å²) in [6.07, 6.45) is 0. The Labute approximate surface area is 301 Å². The van der Waals surface area contributed by atoms with Gasteiger partial charge in [0.15, 0.2) is 0 Å². The van der Waals surface area contributed by atoms with Crippen molar-refractivity contribution in [2.45, 2.75) is 62.2 Å². The molecule has 0 bridgehead atoms. The van der Waals surface area contributed by atoms with Gasteiger partial charge >= 0.3 is 0 Å². The molecule has 0 aliphatic carbocycles. The third kappa shape index (κ3) is 9.66. The van der Waals surface area contributed by atoms with Crippen molar-refractivity contribution in [3.63, 3.8) is 0 Å². The van der Waals surface area contributed by atoms with Gasteiger partial charge in [0.25, 0.3) is 20.0 Å². The van der Waals surface area contributed by atoms with E-state index in [1.165, 1.54) is 0 Å². The standard InChI is InChI=1S/C38H46N2O9S2/c1-37(2,3)27-15-17-33-35(25-27)50(41,42)39-29-11-7-9-13-31(29)46-21-19-45-20-22-47-32-14-10-8-12-30(32)40-51(43,44)36-26-28(38(4,5)6)16-18-34(36)49-24-23-48-33/h7-18,25-26,39-40H,19-24H2,1-6H3. The van der Waals surface area contributed by atoms with Crippen LogP contribution in [0.25, 0.3) is 0 Å². The van der Waals surface area contributed by atoms with Gasteiger partial charge in [-0.3, -0.25) is 9.44 Å². The van der Waals surface area contributed by atoms with E-state index in [9.17, 15) is 16.8 Å². The molecule has 0 fully saturated rings. The molecule has 51 heavy (non-hydrogen) atoms. The highest BCUT2D eigenvalue weighted by molar-refractivity contribution is 7.93. The van der Waals surface area contributed by atoms with Crippen molar-refractivity contribution in [2.75, 3.05) is 49.1 Å². The van der Waals surface area contributed by atoms with E-state index in [2.05, 4.69) is 9.44 Å². The second kappa shape index (κ2) is 15.4. The minimum atomic E-state index is -4.18. The molecule has 2 N–H and O–H groups in total. The Hall–Kier alpha value is -4.46. The van der Waals surface area contributed by atoms with Crippen LogP contribution >= 0.6 is 0 Å². The lowest BCUT2D eigenvalue weighted by Crippen LogP contribution is -2.20. The molecule has 0 amide bonds. The van der Waals surface area contributed by atoms with E-state index < -0.39 is 20.0 Å². The number of ether oxygens (including phenoxy) is 5. The van der Waals surface area contributed by atoms with Gasteiger partial charge in [-0.2, -0.15) is 0 Å². The van der Waals surface area contributed by atoms with E-state index in [0.29, 0.717) is 11.5 Å². The maximum atomic E-state index is 14.0. The fraction of sp³-hybridized carbons (Fsp3) is 0.368. The summed E-state index contributed by atoms with van der Waals surface area (Å²) in [6, 6.07) is 23.6. The van der Waals surface area contributed by atoms with Crippen molar-refractivity contribution >= 4 is 31.4 Å². The maximum absolute atomic E-state index is 14.0. The van der Waals surface area contributed by atoms with E-state index in [1.54, 1.807) is 72.8 Å². The first-order valence-corrected chi connectivity index (χ1v) is 19.6. The number of anilines is 2. The van der Waals surface area contributed by atoms with Gasteiger partial charge in [-0.1, -0.05) is 77.9 Å². The van der Waals surface area contributed by atoms with Crippen LogP contribution in [0, 0.1) is 0 Å². The highest BCUT2D eigenvalue weighted by Gasteiger charge is 2.27. The normalized spacial score (nSPS) is 17.1. The van der Waals surface area contributed by atoms with Gasteiger partial charge in [0.2, 0.25) is 0 Å². The molecule has 0 spiro atoms. The Balaban J connectivity index is 1.52. The molecule has 0 saturated heterocycles. The monoisotopic (exact) mass is 738 g/mol. The molecule has 0 atom stereocenters. The second-order valence-electron chi connectivity index (χ2n) is 14.0. The molecular weight excluding hydrogens is 693 g/mol. The van der Waals surface area contributed by atoms with Crippen LogP contribution in [-0.2, 0) is 35.6 Å². The number of hydrogen-bond donors (Lipinski definition) is 2. The summed E-state index contributed by atoms with van der Waals surface area (Å²) < 4.78 is 90.7. The highest BCUT2D eigenvalue weighted by Crippen LogP contribution is 2.36. The molecule has 0 radical (unpaired) electrons. The molecule has 4 aromatic rings. The fourth-order valence-electron chi connectivity index (χ4n) is 5.19. The Kier molecular flexibility index (Phi) is 11.4. The molecule has 0 saturated carbocycles. The van der Waals surface area contributed by atoms with Crippen LogP contribution in [0.3, 0.4) is 0 Å². The highest BCUT2D eigenvalue weighted by atomic mass is 32.2. The molecule has 5 rings (SSSR count). The zero-order valence-electron chi connectivity index (χ0n) is 29.8. The van der Waals surface area contributed by atoms with Gasteiger partial charge in [-0.05, 0) is 70.5 Å². The lowest BCUT2D eigenvalue weighted by molar-refractivity contribution is 0.0768. The van der Waals surface area contributed by atoms with Crippen molar-refractivity contribution < 1.29 is 40.5 Å². The molecule has 1 aliphatic heterocycles. The largest absolute Gasteiger partial charge is 0.489 e. The number of nitrogens with one attached hydrogen (secondary N) is 2. The van der Waals surface area contributed by atoms with Gasteiger partial charge in [0, 0.05) is 0 Å². The van der Waals surface area contributed by atoms with Crippen LogP contribution in [0.4, 0.5) is 11.4 Å². The van der Waals surface area contributed by atoms with E-state index in [-0.39, 0.29) is 83.1 Å². The molecule has 13 heteroatoms. The SMILES string of the molecule is CC(C)(C)c1ccc2c(c1)S(=O)(=O)Nc1ccccc1OCCOCCOc1ccccc1NS(=O)(=O)c1cc(C(C)(C)C)ccc1OCCO2. The molecule has 4 aromatic carbocycles. The summed E-state index contributed by atoms with van der Waals surface area (Å²) >= 11 is 0. The van der Waals surface area contributed by atoms with Crippen molar-refractivity contribution in [3.8, 4) is 23.0 Å². The topological polar surface area (TPSA) is 138 Å². The summed E-state index contributed by atoms with van der Waals surface area (Å²) in [6.45, 7) is 12.4. The van der Waals surface area contributed by atoms with E-state index in [1.807, 2.05) is 53.7 Å². The van der Waals surface area contributed by atoms with Crippen LogP contribution in [0.2, 0.25) is 0 Å². The minimum absolute atomic E-state index is 0.0629. The number of sulfonamides is 2. The van der Waals surface area contributed by atoms with Crippen LogP contribution < -0.4 is 28.4 Å². The molecule has 0 aromatic heterocycles. The summed E-state index contributed by atoms with van der Waals surface area (Å²) in [7, 11) is -8.36. The third-order valence-electron chi connectivity index (χ3n) is 8.03. The maximum Gasteiger partial charge on any atom is 0.265 e. The summed E-state index contributed by atoms with van der Waals surface area (Å²) in [5, 5.41) is 0. The molecule has 11 nitrogen and oxygen atoms in total. The number of hydrogen-bond acceptors (Lipinski definition) is 9. The zero-order valence-corrected chi connectivity index (χ0v) is 31.4. The van der Waals surface area contributed by atoms with Gasteiger partial charge in [-0.25, -0.2) is 16.8 Å². The predicted molar refractivity (Wildman–Crippen MR) is 198 cm³/mol. The quantitative estimate of drug-likeness (QED) is 0.193. The lowest BCUT2D eigenvalue weighted by Gasteiger charge is -2.23. The van der Waals surface area contributed by atoms with Crippen molar-refractivity contribution in [3.05, 3.63) is 96.1 Å². The van der Waals surface area contributed by atoms with Gasteiger partial charge in [0.1, 0.15) is 59.2 Å². The van der Waals surface area contributed by atoms with E-state index in [4.69, 9.17) is 23.7 Å². The van der Waals surface area contributed by atoms with Gasteiger partial charge in [0.05, 0.1) is 24.6 Å². The van der Waals surface area contributed by atoms with Crippen LogP contribution in [0.15, 0.2) is 94.7 Å². The Morgan fingerprint density at radius 1 is 0.471 bits per heavy atom. The Morgan fingerprint density at radius 3 is 1.22 bits per heavy atom. The van der Waals surface area contributed by atoms with Gasteiger partial charge < -0.3 is 23.7 Å².